The SMILES string of the molecule is CCC(C)(O)C(=O)OC. The van der Waals surface area contributed by atoms with E-state index >= 15 is 0 Å². The molecule has 0 aromatic rings. The third-order valence-electron chi connectivity index (χ3n) is 1.31. The quantitative estimate of drug-likeness (QED) is 0.550. The molecule has 3 nitrogen and oxygen atoms in total. The summed E-state index contributed by atoms with van der Waals surface area (Å²) in [5.74, 6) is -0.579. The van der Waals surface area contributed by atoms with Crippen molar-refractivity contribution in [3.63, 3.8) is 0 Å². The molecule has 0 rings (SSSR count). The molecular formula is C6H12O3. The maximum atomic E-state index is 10.6. The average Bonchev–Trinajstić information content (AvgIpc) is 1.86. The maximum absolute atomic E-state index is 10.6. The number of hydrogen-bond acceptors (Lipinski definition) is 3. The Kier molecular flexibility index (Phi) is 2.65. The van der Waals surface area contributed by atoms with Crippen molar-refractivity contribution in [3.05, 3.63) is 0 Å². The van der Waals surface area contributed by atoms with Crippen molar-refractivity contribution in [2.75, 3.05) is 7.11 Å². The largest absolute Gasteiger partial charge is 0.467 e. The summed E-state index contributed by atoms with van der Waals surface area (Å²) in [4.78, 5) is 10.6. The van der Waals surface area contributed by atoms with E-state index < -0.39 is 11.6 Å². The molecule has 0 aliphatic carbocycles. The van der Waals surface area contributed by atoms with Crippen LogP contribution in [0.4, 0.5) is 0 Å². The van der Waals surface area contributed by atoms with Gasteiger partial charge in [-0.1, -0.05) is 6.92 Å². The first-order valence-electron chi connectivity index (χ1n) is 2.85. The minimum absolute atomic E-state index is 0.375. The lowest BCUT2D eigenvalue weighted by Crippen LogP contribution is -2.35. The summed E-state index contributed by atoms with van der Waals surface area (Å²) in [5, 5.41) is 9.12. The Morgan fingerprint density at radius 1 is 1.78 bits per heavy atom. The zero-order valence-electron chi connectivity index (χ0n) is 5.97. The van der Waals surface area contributed by atoms with Crippen molar-refractivity contribution in [2.45, 2.75) is 25.9 Å². The fourth-order valence-corrected chi connectivity index (χ4v) is 0.364. The van der Waals surface area contributed by atoms with E-state index in [-0.39, 0.29) is 0 Å². The van der Waals surface area contributed by atoms with Crippen LogP contribution in [-0.4, -0.2) is 23.8 Å². The van der Waals surface area contributed by atoms with Gasteiger partial charge in [0.25, 0.3) is 0 Å². The van der Waals surface area contributed by atoms with Crippen LogP contribution < -0.4 is 0 Å². The second-order valence-electron chi connectivity index (χ2n) is 2.12. The van der Waals surface area contributed by atoms with Crippen LogP contribution in [0.15, 0.2) is 0 Å². The molecule has 0 aromatic carbocycles. The Bertz CT molecular complexity index is 107. The van der Waals surface area contributed by atoms with Gasteiger partial charge in [-0.15, -0.1) is 0 Å². The van der Waals surface area contributed by atoms with E-state index in [0.29, 0.717) is 6.42 Å². The Balaban J connectivity index is 3.97. The molecule has 0 heterocycles. The van der Waals surface area contributed by atoms with Gasteiger partial charge in [0.15, 0.2) is 5.60 Å². The Morgan fingerprint density at radius 2 is 2.22 bits per heavy atom. The number of esters is 1. The molecule has 1 N–H and O–H groups in total. The molecule has 54 valence electrons. The van der Waals surface area contributed by atoms with Crippen molar-refractivity contribution >= 4 is 5.97 Å². The summed E-state index contributed by atoms with van der Waals surface area (Å²) < 4.78 is 4.32. The molecule has 3 heteroatoms. The van der Waals surface area contributed by atoms with Crippen molar-refractivity contribution < 1.29 is 14.6 Å². The number of aliphatic hydroxyl groups is 1. The smallest absolute Gasteiger partial charge is 0.337 e. The predicted molar refractivity (Wildman–Crippen MR) is 32.9 cm³/mol. The van der Waals surface area contributed by atoms with Gasteiger partial charge in [-0.2, -0.15) is 0 Å². The Labute approximate surface area is 54.6 Å². The van der Waals surface area contributed by atoms with Gasteiger partial charge in [0, 0.05) is 0 Å². The topological polar surface area (TPSA) is 46.5 Å². The molecule has 0 saturated heterocycles. The normalized spacial score (nSPS) is 16.4. The van der Waals surface area contributed by atoms with Crippen LogP contribution in [0.1, 0.15) is 20.3 Å². The highest BCUT2D eigenvalue weighted by Gasteiger charge is 2.28. The van der Waals surface area contributed by atoms with Crippen molar-refractivity contribution in [2.24, 2.45) is 0 Å². The lowest BCUT2D eigenvalue weighted by atomic mass is 10.1. The fourth-order valence-electron chi connectivity index (χ4n) is 0.364. The van der Waals surface area contributed by atoms with Crippen LogP contribution >= 0.6 is 0 Å². The molecule has 0 amide bonds. The molecule has 9 heavy (non-hydrogen) atoms. The van der Waals surface area contributed by atoms with Gasteiger partial charge in [0.1, 0.15) is 0 Å². The summed E-state index contributed by atoms with van der Waals surface area (Å²) in [6, 6.07) is 0. The van der Waals surface area contributed by atoms with E-state index in [0.717, 1.165) is 0 Å². The second kappa shape index (κ2) is 2.82. The monoisotopic (exact) mass is 132 g/mol. The number of rotatable bonds is 2. The van der Waals surface area contributed by atoms with Gasteiger partial charge in [0.2, 0.25) is 0 Å². The Hall–Kier alpha value is -0.570. The molecule has 1 atom stereocenters. The van der Waals surface area contributed by atoms with Gasteiger partial charge in [0.05, 0.1) is 7.11 Å². The van der Waals surface area contributed by atoms with Crippen molar-refractivity contribution in [3.8, 4) is 0 Å². The summed E-state index contributed by atoms with van der Waals surface area (Å²) in [7, 11) is 1.26. The highest BCUT2D eigenvalue weighted by atomic mass is 16.5. The van der Waals surface area contributed by atoms with Crippen LogP contribution in [0, 0.1) is 0 Å². The average molecular weight is 132 g/mol. The summed E-state index contributed by atoms with van der Waals surface area (Å²) in [6.45, 7) is 3.15. The van der Waals surface area contributed by atoms with E-state index in [2.05, 4.69) is 4.74 Å². The predicted octanol–water partition coefficient (Wildman–Crippen LogP) is 0.320. The number of carbonyl (C=O) groups is 1. The molecule has 0 aliphatic heterocycles. The third-order valence-corrected chi connectivity index (χ3v) is 1.31. The summed E-state index contributed by atoms with van der Waals surface area (Å²) in [5.41, 5.74) is -1.31. The molecule has 0 fully saturated rings. The zero-order chi connectivity index (χ0) is 7.49. The van der Waals surface area contributed by atoms with Gasteiger partial charge < -0.3 is 9.84 Å². The number of methoxy groups -OCH3 is 1. The number of hydrogen-bond donors (Lipinski definition) is 1. The lowest BCUT2D eigenvalue weighted by molar-refractivity contribution is -0.160. The van der Waals surface area contributed by atoms with Gasteiger partial charge in [-0.05, 0) is 13.3 Å². The number of ether oxygens (including phenoxy) is 1. The fraction of sp³-hybridized carbons (Fsp3) is 0.833. The first kappa shape index (κ1) is 8.43. The molecule has 0 aliphatic rings. The molecule has 0 radical (unpaired) electrons. The second-order valence-corrected chi connectivity index (χ2v) is 2.12. The van der Waals surface area contributed by atoms with Crippen molar-refractivity contribution in [1.29, 1.82) is 0 Å². The lowest BCUT2D eigenvalue weighted by Gasteiger charge is -2.16. The van der Waals surface area contributed by atoms with Crippen LogP contribution in [0.5, 0.6) is 0 Å². The molecule has 1 unspecified atom stereocenters. The zero-order valence-corrected chi connectivity index (χ0v) is 5.97. The summed E-state index contributed by atoms with van der Waals surface area (Å²) >= 11 is 0. The molecule has 0 saturated carbocycles. The van der Waals surface area contributed by atoms with Crippen LogP contribution in [-0.2, 0) is 9.53 Å². The number of carbonyl (C=O) groups excluding carboxylic acids is 1. The van der Waals surface area contributed by atoms with E-state index in [4.69, 9.17) is 5.11 Å². The molecule has 0 spiro atoms. The van der Waals surface area contributed by atoms with Crippen molar-refractivity contribution in [1.82, 2.24) is 0 Å². The van der Waals surface area contributed by atoms with E-state index in [1.807, 2.05) is 0 Å². The van der Waals surface area contributed by atoms with Gasteiger partial charge in [-0.25, -0.2) is 4.79 Å². The summed E-state index contributed by atoms with van der Waals surface area (Å²) in [6.07, 6.45) is 0.375. The van der Waals surface area contributed by atoms with E-state index in [9.17, 15) is 4.79 Å². The van der Waals surface area contributed by atoms with Crippen LogP contribution in [0.25, 0.3) is 0 Å². The minimum Gasteiger partial charge on any atom is -0.467 e. The maximum Gasteiger partial charge on any atom is 0.337 e. The van der Waals surface area contributed by atoms with Crippen LogP contribution in [0.3, 0.4) is 0 Å². The molecule has 0 aromatic heterocycles. The first-order valence-corrected chi connectivity index (χ1v) is 2.85. The highest BCUT2D eigenvalue weighted by molar-refractivity contribution is 5.78. The third kappa shape index (κ3) is 2.01. The van der Waals surface area contributed by atoms with Gasteiger partial charge in [-0.3, -0.25) is 0 Å². The Morgan fingerprint density at radius 3 is 2.33 bits per heavy atom. The van der Waals surface area contributed by atoms with Crippen LogP contribution in [0.2, 0.25) is 0 Å². The van der Waals surface area contributed by atoms with E-state index in [1.54, 1.807) is 6.92 Å². The van der Waals surface area contributed by atoms with Gasteiger partial charge >= 0.3 is 5.97 Å². The molecular weight excluding hydrogens is 120 g/mol. The first-order chi connectivity index (χ1) is 4.04. The standard InChI is InChI=1S/C6H12O3/c1-4-6(2,8)5(7)9-3/h8H,4H2,1-3H3. The highest BCUT2D eigenvalue weighted by Crippen LogP contribution is 2.09. The van der Waals surface area contributed by atoms with E-state index in [1.165, 1.54) is 14.0 Å². The molecule has 0 bridgehead atoms. The minimum atomic E-state index is -1.31.